The van der Waals surface area contributed by atoms with Gasteiger partial charge in [-0.05, 0) is 54.7 Å². The van der Waals surface area contributed by atoms with Crippen LogP contribution in [-0.2, 0) is 18.8 Å². The summed E-state index contributed by atoms with van der Waals surface area (Å²) in [6.45, 7) is 1.49. The lowest BCUT2D eigenvalue weighted by Crippen LogP contribution is -2.39. The summed E-state index contributed by atoms with van der Waals surface area (Å²) >= 11 is 1.26. The van der Waals surface area contributed by atoms with Gasteiger partial charge in [-0.3, -0.25) is 0 Å². The summed E-state index contributed by atoms with van der Waals surface area (Å²) in [6.07, 6.45) is -8.15. The molecule has 0 saturated carbocycles. The van der Waals surface area contributed by atoms with Crippen molar-refractivity contribution < 1.29 is 35.5 Å². The van der Waals surface area contributed by atoms with Crippen molar-refractivity contribution in [2.45, 2.75) is 31.6 Å². The molecule has 4 rings (SSSR count). The molecule has 204 valence electrons. The van der Waals surface area contributed by atoms with E-state index in [2.05, 4.69) is 24.9 Å². The van der Waals surface area contributed by atoms with Crippen molar-refractivity contribution in [1.29, 1.82) is 0 Å². The Morgan fingerprint density at radius 2 is 1.58 bits per heavy atom. The van der Waals surface area contributed by atoms with Gasteiger partial charge in [-0.2, -0.15) is 30.7 Å². The standard InChI is InChI=1S/C24H22F7N5OS/c25-18-3-1-14(2-4-18)9-20-34-22(38-35-20)36-7-5-15(6-8-36)13-32-21(37)33-19-11-16(23(26,27)28)10-17(12-19)24(29,30)31/h1-4,10-12,15H,5-9,13H2,(H2,32,33,37). The predicted molar refractivity (Wildman–Crippen MR) is 128 cm³/mol. The summed E-state index contributed by atoms with van der Waals surface area (Å²) in [6, 6.07) is 6.12. The lowest BCUT2D eigenvalue weighted by atomic mass is 9.97. The average molecular weight is 562 g/mol. The van der Waals surface area contributed by atoms with Crippen molar-refractivity contribution in [1.82, 2.24) is 14.7 Å². The van der Waals surface area contributed by atoms with Gasteiger partial charge in [0.2, 0.25) is 5.13 Å². The Balaban J connectivity index is 1.26. The molecule has 3 aromatic rings. The number of anilines is 2. The van der Waals surface area contributed by atoms with Crippen LogP contribution in [0.1, 0.15) is 35.4 Å². The highest BCUT2D eigenvalue weighted by Gasteiger charge is 2.37. The Morgan fingerprint density at radius 1 is 0.974 bits per heavy atom. The largest absolute Gasteiger partial charge is 0.416 e. The lowest BCUT2D eigenvalue weighted by Gasteiger charge is -2.31. The molecule has 14 heteroatoms. The van der Waals surface area contributed by atoms with Crippen LogP contribution in [0.15, 0.2) is 42.5 Å². The third-order valence-electron chi connectivity index (χ3n) is 6.01. The summed E-state index contributed by atoms with van der Waals surface area (Å²) in [4.78, 5) is 18.8. The molecular formula is C24H22F7N5OS. The molecule has 0 radical (unpaired) electrons. The third kappa shape index (κ3) is 7.33. The third-order valence-corrected chi connectivity index (χ3v) is 6.83. The summed E-state index contributed by atoms with van der Waals surface area (Å²) in [5.41, 5.74) is -2.73. The van der Waals surface area contributed by atoms with E-state index in [9.17, 15) is 35.5 Å². The van der Waals surface area contributed by atoms with Crippen LogP contribution in [0.2, 0.25) is 0 Å². The van der Waals surface area contributed by atoms with E-state index in [1.807, 2.05) is 0 Å². The fraction of sp³-hybridized carbons (Fsp3) is 0.375. The molecule has 2 N–H and O–H groups in total. The molecule has 1 aliphatic rings. The van der Waals surface area contributed by atoms with Crippen LogP contribution in [0.25, 0.3) is 0 Å². The van der Waals surface area contributed by atoms with Crippen LogP contribution >= 0.6 is 11.5 Å². The van der Waals surface area contributed by atoms with Crippen LogP contribution in [0.4, 0.5) is 46.3 Å². The SMILES string of the molecule is O=C(NCC1CCN(c2nc(Cc3ccc(F)cc3)ns2)CC1)Nc1cc(C(F)(F)F)cc(C(F)(F)F)c1. The maximum Gasteiger partial charge on any atom is 0.416 e. The van der Waals surface area contributed by atoms with Crippen molar-refractivity contribution in [3.8, 4) is 0 Å². The van der Waals surface area contributed by atoms with Gasteiger partial charge < -0.3 is 15.5 Å². The zero-order chi connectivity index (χ0) is 27.5. The minimum absolute atomic E-state index is 0.000581. The number of amides is 2. The Morgan fingerprint density at radius 3 is 2.16 bits per heavy atom. The van der Waals surface area contributed by atoms with Crippen LogP contribution < -0.4 is 15.5 Å². The van der Waals surface area contributed by atoms with Crippen molar-refractivity contribution in [3.63, 3.8) is 0 Å². The number of carbonyl (C=O) groups is 1. The first kappa shape index (κ1) is 27.6. The molecule has 6 nitrogen and oxygen atoms in total. The fourth-order valence-electron chi connectivity index (χ4n) is 4.00. The van der Waals surface area contributed by atoms with Gasteiger partial charge in [0.15, 0.2) is 0 Å². The van der Waals surface area contributed by atoms with Gasteiger partial charge in [0, 0.05) is 43.3 Å². The lowest BCUT2D eigenvalue weighted by molar-refractivity contribution is -0.143. The molecule has 2 aromatic carbocycles. The number of piperidine rings is 1. The van der Waals surface area contributed by atoms with Crippen LogP contribution in [0.5, 0.6) is 0 Å². The second kappa shape index (κ2) is 11.1. The van der Waals surface area contributed by atoms with Crippen molar-refractivity contribution in [2.75, 3.05) is 29.9 Å². The smallest absolute Gasteiger partial charge is 0.347 e. The molecule has 0 aliphatic carbocycles. The van der Waals surface area contributed by atoms with Gasteiger partial charge >= 0.3 is 18.4 Å². The molecule has 0 atom stereocenters. The van der Waals surface area contributed by atoms with E-state index in [0.29, 0.717) is 50.3 Å². The molecule has 1 saturated heterocycles. The predicted octanol–water partition coefficient (Wildman–Crippen LogP) is 6.34. The van der Waals surface area contributed by atoms with Gasteiger partial charge in [0.25, 0.3) is 0 Å². The molecule has 1 aromatic heterocycles. The summed E-state index contributed by atoms with van der Waals surface area (Å²) in [5, 5.41) is 5.34. The monoisotopic (exact) mass is 561 g/mol. The number of aromatic nitrogens is 2. The number of urea groups is 1. The van der Waals surface area contributed by atoms with E-state index in [1.165, 1.54) is 23.7 Å². The number of carbonyl (C=O) groups excluding carboxylic acids is 1. The van der Waals surface area contributed by atoms with Crippen LogP contribution in [-0.4, -0.2) is 35.0 Å². The van der Waals surface area contributed by atoms with E-state index < -0.39 is 35.2 Å². The zero-order valence-electron chi connectivity index (χ0n) is 19.7. The first-order chi connectivity index (χ1) is 17.9. The number of hydrogen-bond donors (Lipinski definition) is 2. The number of benzene rings is 2. The fourth-order valence-corrected chi connectivity index (χ4v) is 4.73. The van der Waals surface area contributed by atoms with Crippen molar-refractivity contribution in [3.05, 3.63) is 70.8 Å². The Hall–Kier alpha value is -3.42. The van der Waals surface area contributed by atoms with E-state index in [1.54, 1.807) is 12.1 Å². The first-order valence-corrected chi connectivity index (χ1v) is 12.3. The van der Waals surface area contributed by atoms with Gasteiger partial charge in [0.05, 0.1) is 11.1 Å². The maximum atomic E-state index is 13.1. The summed E-state index contributed by atoms with van der Waals surface area (Å²) in [5.74, 6) is 0.373. The molecule has 2 heterocycles. The van der Waals surface area contributed by atoms with Gasteiger partial charge in [-0.15, -0.1) is 0 Å². The molecule has 0 spiro atoms. The second-order valence-electron chi connectivity index (χ2n) is 8.86. The summed E-state index contributed by atoms with van der Waals surface area (Å²) < 4.78 is 95.5. The van der Waals surface area contributed by atoms with Crippen LogP contribution in [0, 0.1) is 11.7 Å². The molecule has 1 fully saturated rings. The molecular weight excluding hydrogens is 539 g/mol. The highest BCUT2D eigenvalue weighted by Crippen LogP contribution is 2.37. The molecule has 0 bridgehead atoms. The summed E-state index contributed by atoms with van der Waals surface area (Å²) in [7, 11) is 0. The van der Waals surface area contributed by atoms with Gasteiger partial charge in [-0.1, -0.05) is 12.1 Å². The van der Waals surface area contributed by atoms with Crippen LogP contribution in [0.3, 0.4) is 0 Å². The van der Waals surface area contributed by atoms with E-state index >= 15 is 0 Å². The number of alkyl halides is 6. The van der Waals surface area contributed by atoms with E-state index in [-0.39, 0.29) is 24.3 Å². The first-order valence-electron chi connectivity index (χ1n) is 11.5. The molecule has 2 amide bonds. The van der Waals surface area contributed by atoms with E-state index in [4.69, 9.17) is 0 Å². The number of nitrogens with zero attached hydrogens (tertiary/aromatic N) is 3. The topological polar surface area (TPSA) is 70.2 Å². The highest BCUT2D eigenvalue weighted by atomic mass is 32.1. The number of rotatable bonds is 6. The Labute approximate surface area is 217 Å². The van der Waals surface area contributed by atoms with Crippen molar-refractivity contribution in [2.24, 2.45) is 5.92 Å². The molecule has 1 aliphatic heterocycles. The van der Waals surface area contributed by atoms with Gasteiger partial charge in [0.1, 0.15) is 11.6 Å². The van der Waals surface area contributed by atoms with E-state index in [0.717, 1.165) is 10.7 Å². The molecule has 38 heavy (non-hydrogen) atoms. The van der Waals surface area contributed by atoms with Gasteiger partial charge in [-0.25, -0.2) is 14.2 Å². The quantitative estimate of drug-likeness (QED) is 0.345. The Bertz CT molecular complexity index is 1220. The minimum Gasteiger partial charge on any atom is -0.347 e. The number of nitrogens with one attached hydrogen (secondary N) is 2. The average Bonchev–Trinajstić information content (AvgIpc) is 3.32. The maximum absolute atomic E-state index is 13.1. The van der Waals surface area contributed by atoms with Crippen molar-refractivity contribution >= 4 is 28.4 Å². The number of halogens is 7. The number of hydrogen-bond acceptors (Lipinski definition) is 5. The second-order valence-corrected chi connectivity index (χ2v) is 9.59. The Kier molecular flexibility index (Phi) is 8.09. The zero-order valence-corrected chi connectivity index (χ0v) is 20.5. The minimum atomic E-state index is -5.00. The highest BCUT2D eigenvalue weighted by molar-refractivity contribution is 7.09. The normalized spacial score (nSPS) is 15.0. The molecule has 0 unspecified atom stereocenters.